The summed E-state index contributed by atoms with van der Waals surface area (Å²) in [5, 5.41) is 0.967. The van der Waals surface area contributed by atoms with Crippen molar-refractivity contribution in [2.45, 2.75) is 0 Å². The molecule has 4 nitrogen and oxygen atoms in total. The summed E-state index contributed by atoms with van der Waals surface area (Å²) in [7, 11) is 0. The number of furan rings is 1. The summed E-state index contributed by atoms with van der Waals surface area (Å²) in [6.07, 6.45) is 1.74. The van der Waals surface area contributed by atoms with Crippen molar-refractivity contribution in [2.24, 2.45) is 0 Å². The minimum atomic E-state index is 0.146. The van der Waals surface area contributed by atoms with Crippen LogP contribution >= 0.6 is 11.6 Å². The van der Waals surface area contributed by atoms with E-state index < -0.39 is 0 Å². The molecule has 5 heteroatoms. The summed E-state index contributed by atoms with van der Waals surface area (Å²) >= 11 is 6.23. The molecule has 0 N–H and O–H groups in total. The molecule has 0 aliphatic rings. The monoisotopic (exact) mass is 383 g/mol. The SMILES string of the molecule is Clc1nc(-c2ccccc2)c2c(-c3ccccc3)c(-c3ccccn3)oc2n1. The first-order valence-electron chi connectivity index (χ1n) is 8.83. The highest BCUT2D eigenvalue weighted by atomic mass is 35.5. The quantitative estimate of drug-likeness (QED) is 0.344. The van der Waals surface area contributed by atoms with E-state index >= 15 is 0 Å². The van der Waals surface area contributed by atoms with E-state index in [0.717, 1.165) is 33.5 Å². The topological polar surface area (TPSA) is 51.8 Å². The lowest BCUT2D eigenvalue weighted by Gasteiger charge is -2.06. The molecule has 2 aromatic carbocycles. The maximum absolute atomic E-state index is 6.23. The van der Waals surface area contributed by atoms with Gasteiger partial charge in [-0.25, -0.2) is 4.98 Å². The highest BCUT2D eigenvalue weighted by molar-refractivity contribution is 6.29. The van der Waals surface area contributed by atoms with Gasteiger partial charge in [-0.3, -0.25) is 4.98 Å². The lowest BCUT2D eigenvalue weighted by molar-refractivity contribution is 0.616. The lowest BCUT2D eigenvalue weighted by atomic mass is 9.98. The second-order valence-electron chi connectivity index (χ2n) is 6.27. The van der Waals surface area contributed by atoms with Gasteiger partial charge in [-0.2, -0.15) is 4.98 Å². The number of halogens is 1. The van der Waals surface area contributed by atoms with Crippen molar-refractivity contribution in [3.05, 3.63) is 90.3 Å². The Morgan fingerprint density at radius 3 is 2.07 bits per heavy atom. The third-order valence-electron chi connectivity index (χ3n) is 4.53. The summed E-state index contributed by atoms with van der Waals surface area (Å²) < 4.78 is 6.18. The molecule has 5 rings (SSSR count). The van der Waals surface area contributed by atoms with Crippen LogP contribution in [-0.2, 0) is 0 Å². The van der Waals surface area contributed by atoms with Crippen LogP contribution in [0.2, 0.25) is 5.28 Å². The maximum atomic E-state index is 6.23. The minimum Gasteiger partial charge on any atom is -0.435 e. The van der Waals surface area contributed by atoms with Crippen molar-refractivity contribution in [2.75, 3.05) is 0 Å². The minimum absolute atomic E-state index is 0.146. The predicted molar refractivity (Wildman–Crippen MR) is 111 cm³/mol. The second-order valence-corrected chi connectivity index (χ2v) is 6.61. The van der Waals surface area contributed by atoms with Crippen LogP contribution < -0.4 is 0 Å². The van der Waals surface area contributed by atoms with Crippen LogP contribution in [-0.4, -0.2) is 15.0 Å². The number of fused-ring (bicyclic) bond motifs is 1. The molecule has 0 fully saturated rings. The van der Waals surface area contributed by atoms with Crippen molar-refractivity contribution < 1.29 is 4.42 Å². The zero-order valence-corrected chi connectivity index (χ0v) is 15.5. The highest BCUT2D eigenvalue weighted by Gasteiger charge is 2.24. The third kappa shape index (κ3) is 2.84. The average Bonchev–Trinajstić information content (AvgIpc) is 3.14. The lowest BCUT2D eigenvalue weighted by Crippen LogP contribution is -1.90. The Balaban J connectivity index is 1.92. The van der Waals surface area contributed by atoms with Crippen molar-refractivity contribution in [3.8, 4) is 33.8 Å². The molecule has 0 spiro atoms. The molecule has 0 bridgehead atoms. The van der Waals surface area contributed by atoms with Gasteiger partial charge in [0.25, 0.3) is 0 Å². The van der Waals surface area contributed by atoms with Crippen molar-refractivity contribution in [3.63, 3.8) is 0 Å². The maximum Gasteiger partial charge on any atom is 0.232 e. The second kappa shape index (κ2) is 6.91. The Hall–Kier alpha value is -3.50. The van der Waals surface area contributed by atoms with Gasteiger partial charge >= 0.3 is 0 Å². The molecule has 0 atom stereocenters. The molecule has 0 radical (unpaired) electrons. The molecule has 28 heavy (non-hydrogen) atoms. The summed E-state index contributed by atoms with van der Waals surface area (Å²) in [5.74, 6) is 0.649. The van der Waals surface area contributed by atoms with Crippen LogP contribution in [0.4, 0.5) is 0 Å². The number of hydrogen-bond donors (Lipinski definition) is 0. The van der Waals surface area contributed by atoms with Gasteiger partial charge in [-0.1, -0.05) is 66.7 Å². The number of hydrogen-bond acceptors (Lipinski definition) is 4. The number of benzene rings is 2. The van der Waals surface area contributed by atoms with Crippen molar-refractivity contribution in [1.82, 2.24) is 15.0 Å². The summed E-state index contributed by atoms with van der Waals surface area (Å²) in [6, 6.07) is 25.7. The van der Waals surface area contributed by atoms with Crippen LogP contribution in [0.25, 0.3) is 44.9 Å². The molecule has 5 aromatic rings. The van der Waals surface area contributed by atoms with E-state index in [1.165, 1.54) is 0 Å². The third-order valence-corrected chi connectivity index (χ3v) is 4.70. The molecule has 0 amide bonds. The zero-order chi connectivity index (χ0) is 18.9. The van der Waals surface area contributed by atoms with Gasteiger partial charge in [0.05, 0.1) is 11.1 Å². The molecule has 0 unspecified atom stereocenters. The van der Waals surface area contributed by atoms with E-state index in [1.54, 1.807) is 6.20 Å². The van der Waals surface area contributed by atoms with Crippen molar-refractivity contribution >= 4 is 22.7 Å². The summed E-state index contributed by atoms with van der Waals surface area (Å²) in [5.41, 5.74) is 4.77. The molecule has 0 aliphatic heterocycles. The van der Waals surface area contributed by atoms with Crippen molar-refractivity contribution in [1.29, 1.82) is 0 Å². The standard InChI is InChI=1S/C23H14ClN3O/c24-23-26-20(16-11-5-2-6-12-16)19-18(15-9-3-1-4-10-15)21(28-22(19)27-23)17-13-7-8-14-25-17/h1-14H. The fourth-order valence-corrected chi connectivity index (χ4v) is 3.50. The Morgan fingerprint density at radius 1 is 0.714 bits per heavy atom. The molecule has 0 saturated heterocycles. The number of nitrogens with zero attached hydrogens (tertiary/aromatic N) is 3. The molecular formula is C23H14ClN3O. The smallest absolute Gasteiger partial charge is 0.232 e. The van der Waals surface area contributed by atoms with Crippen LogP contribution in [0.5, 0.6) is 0 Å². The number of rotatable bonds is 3. The fraction of sp³-hybridized carbons (Fsp3) is 0. The zero-order valence-electron chi connectivity index (χ0n) is 14.7. The van der Waals surface area contributed by atoms with E-state index in [1.807, 2.05) is 78.9 Å². The van der Waals surface area contributed by atoms with Crippen LogP contribution in [0, 0.1) is 0 Å². The van der Waals surface area contributed by atoms with E-state index in [-0.39, 0.29) is 5.28 Å². The highest BCUT2D eigenvalue weighted by Crippen LogP contribution is 2.43. The van der Waals surface area contributed by atoms with Crippen LogP contribution in [0.1, 0.15) is 0 Å². The van der Waals surface area contributed by atoms with Gasteiger partial charge in [0, 0.05) is 17.3 Å². The first-order valence-corrected chi connectivity index (χ1v) is 9.21. The molecule has 3 heterocycles. The molecule has 3 aromatic heterocycles. The van der Waals surface area contributed by atoms with Gasteiger partial charge in [-0.05, 0) is 29.3 Å². The predicted octanol–water partition coefficient (Wildman–Crippen LogP) is 6.27. The van der Waals surface area contributed by atoms with Crippen LogP contribution in [0.3, 0.4) is 0 Å². The first-order chi connectivity index (χ1) is 13.8. The van der Waals surface area contributed by atoms with Gasteiger partial charge in [-0.15, -0.1) is 0 Å². The molecular weight excluding hydrogens is 370 g/mol. The average molecular weight is 384 g/mol. The first kappa shape index (κ1) is 16.7. The number of pyridine rings is 1. The van der Waals surface area contributed by atoms with Crippen LogP contribution in [0.15, 0.2) is 89.5 Å². The van der Waals surface area contributed by atoms with Gasteiger partial charge in [0.15, 0.2) is 5.76 Å². The van der Waals surface area contributed by atoms with E-state index in [9.17, 15) is 0 Å². The Morgan fingerprint density at radius 2 is 1.39 bits per heavy atom. The number of aromatic nitrogens is 3. The van der Waals surface area contributed by atoms with Gasteiger partial charge < -0.3 is 4.42 Å². The Kier molecular flexibility index (Phi) is 4.11. The normalized spacial score (nSPS) is 11.0. The Labute approximate surface area is 166 Å². The van der Waals surface area contributed by atoms with E-state index in [2.05, 4.69) is 15.0 Å². The summed E-state index contributed by atoms with van der Waals surface area (Å²) in [4.78, 5) is 13.4. The van der Waals surface area contributed by atoms with Gasteiger partial charge in [0.1, 0.15) is 5.69 Å². The van der Waals surface area contributed by atoms with Gasteiger partial charge in [0.2, 0.25) is 11.0 Å². The summed E-state index contributed by atoms with van der Waals surface area (Å²) in [6.45, 7) is 0. The van der Waals surface area contributed by atoms with E-state index in [4.69, 9.17) is 16.0 Å². The Bertz CT molecular complexity index is 1250. The molecule has 0 saturated carbocycles. The largest absolute Gasteiger partial charge is 0.435 e. The fourth-order valence-electron chi connectivity index (χ4n) is 3.34. The molecule has 0 aliphatic carbocycles. The van der Waals surface area contributed by atoms with E-state index in [0.29, 0.717) is 11.5 Å². The molecule has 134 valence electrons.